The topological polar surface area (TPSA) is 134 Å². The number of nitrogens with two attached hydrogens (primary N) is 2. The fraction of sp³-hybridized carbons (Fsp3) is 0.222. The zero-order valence-corrected chi connectivity index (χ0v) is 16.9. The molecule has 2 aromatic carbocycles. The molecule has 2 rings (SSSR count). The van der Waals surface area contributed by atoms with Crippen molar-refractivity contribution in [1.82, 2.24) is 0 Å². The van der Waals surface area contributed by atoms with Crippen LogP contribution >= 0.6 is 0 Å². The first-order chi connectivity index (χ1) is 13.8. The largest absolute Gasteiger partial charge is 0.496 e. The third-order valence-electron chi connectivity index (χ3n) is 3.99. The van der Waals surface area contributed by atoms with E-state index in [1.807, 2.05) is 0 Å². The molecule has 162 valence electrons. The summed E-state index contributed by atoms with van der Waals surface area (Å²) in [6, 6.07) is 4.12. The van der Waals surface area contributed by atoms with Gasteiger partial charge in [0.15, 0.2) is 5.96 Å². The molecule has 0 bridgehead atoms. The van der Waals surface area contributed by atoms with E-state index in [2.05, 4.69) is 4.99 Å². The average molecular weight is 445 g/mol. The molecule has 0 aliphatic heterocycles. The Morgan fingerprint density at radius 2 is 1.60 bits per heavy atom. The summed E-state index contributed by atoms with van der Waals surface area (Å²) in [4.78, 5) is 14.0. The van der Waals surface area contributed by atoms with E-state index in [-0.39, 0.29) is 11.5 Å². The molecule has 0 spiro atoms. The normalized spacial score (nSPS) is 11.7. The lowest BCUT2D eigenvalue weighted by molar-refractivity contribution is -0.137. The van der Waals surface area contributed by atoms with Gasteiger partial charge >= 0.3 is 6.18 Å². The van der Waals surface area contributed by atoms with Crippen molar-refractivity contribution in [3.8, 4) is 11.5 Å². The number of methoxy groups -OCH3 is 2. The Labute approximate surface area is 170 Å². The highest BCUT2D eigenvalue weighted by Gasteiger charge is 2.34. The number of halogens is 3. The summed E-state index contributed by atoms with van der Waals surface area (Å²) in [6.45, 7) is 1.63. The summed E-state index contributed by atoms with van der Waals surface area (Å²) in [5.74, 6) is -1.85. The van der Waals surface area contributed by atoms with Crippen LogP contribution in [0.2, 0.25) is 0 Å². The molecule has 30 heavy (non-hydrogen) atoms. The van der Waals surface area contributed by atoms with Crippen molar-refractivity contribution in [3.05, 3.63) is 47.0 Å². The van der Waals surface area contributed by atoms with E-state index < -0.39 is 48.8 Å². The molecule has 0 aliphatic rings. The molecule has 12 heteroatoms. The van der Waals surface area contributed by atoms with Gasteiger partial charge in [-0.2, -0.15) is 18.2 Å². The first kappa shape index (κ1) is 23.0. The molecule has 2 aromatic rings. The van der Waals surface area contributed by atoms with Crippen LogP contribution in [0.4, 0.5) is 13.2 Å². The van der Waals surface area contributed by atoms with Crippen LogP contribution < -0.4 is 20.9 Å². The molecule has 0 saturated carbocycles. The number of aryl methyl sites for hydroxylation is 1. The maximum absolute atomic E-state index is 13.3. The van der Waals surface area contributed by atoms with Gasteiger partial charge in [0.1, 0.15) is 16.4 Å². The molecule has 8 nitrogen and oxygen atoms in total. The van der Waals surface area contributed by atoms with Crippen LogP contribution in [-0.4, -0.2) is 34.5 Å². The van der Waals surface area contributed by atoms with E-state index in [9.17, 15) is 26.4 Å². The highest BCUT2D eigenvalue weighted by atomic mass is 32.2. The van der Waals surface area contributed by atoms with Crippen LogP contribution in [-0.2, 0) is 16.0 Å². The molecule has 0 heterocycles. The second kappa shape index (κ2) is 8.22. The van der Waals surface area contributed by atoms with Crippen molar-refractivity contribution in [2.45, 2.75) is 22.9 Å². The molecule has 0 atom stereocenters. The number of carbonyl (C=O) groups is 1. The molecule has 0 saturated heterocycles. The fourth-order valence-corrected chi connectivity index (χ4v) is 4.07. The van der Waals surface area contributed by atoms with Gasteiger partial charge in [0, 0.05) is 11.6 Å². The number of benzene rings is 2. The van der Waals surface area contributed by atoms with Gasteiger partial charge in [-0.05, 0) is 36.8 Å². The Morgan fingerprint density at radius 3 is 2.10 bits per heavy atom. The van der Waals surface area contributed by atoms with E-state index in [0.29, 0.717) is 17.7 Å². The summed E-state index contributed by atoms with van der Waals surface area (Å²) in [6.07, 6.45) is -4.94. The zero-order valence-electron chi connectivity index (χ0n) is 16.1. The van der Waals surface area contributed by atoms with E-state index in [1.165, 1.54) is 20.3 Å². The summed E-state index contributed by atoms with van der Waals surface area (Å²) in [5, 5.41) is 0. The number of ether oxygens (including phenoxy) is 2. The van der Waals surface area contributed by atoms with Crippen LogP contribution in [0.5, 0.6) is 11.5 Å². The van der Waals surface area contributed by atoms with Crippen molar-refractivity contribution >= 4 is 21.7 Å². The third-order valence-corrected chi connectivity index (χ3v) is 5.75. The highest BCUT2D eigenvalue weighted by molar-refractivity contribution is 7.91. The Kier molecular flexibility index (Phi) is 6.30. The van der Waals surface area contributed by atoms with Gasteiger partial charge in [-0.3, -0.25) is 4.79 Å². The molecule has 0 unspecified atom stereocenters. The SMILES string of the molecule is COc1cc(S(=O)(=O)c2cc(C(=O)N=C(N)N)cc(C(F)(F)F)c2)c(OC)cc1C. The molecule has 1 amide bonds. The van der Waals surface area contributed by atoms with Gasteiger partial charge in [-0.25, -0.2) is 8.42 Å². The number of alkyl halides is 3. The lowest BCUT2D eigenvalue weighted by Gasteiger charge is -2.15. The number of hydrogen-bond acceptors (Lipinski definition) is 5. The molecule has 0 aliphatic carbocycles. The number of carbonyl (C=O) groups excluding carboxylic acids is 1. The van der Waals surface area contributed by atoms with E-state index in [0.717, 1.165) is 12.1 Å². The van der Waals surface area contributed by atoms with Gasteiger partial charge < -0.3 is 20.9 Å². The van der Waals surface area contributed by atoms with E-state index in [4.69, 9.17) is 20.9 Å². The molecule has 0 fully saturated rings. The van der Waals surface area contributed by atoms with Gasteiger partial charge in [0.25, 0.3) is 5.91 Å². The predicted molar refractivity (Wildman–Crippen MR) is 101 cm³/mol. The third kappa shape index (κ3) is 4.64. The number of rotatable bonds is 5. The Morgan fingerprint density at radius 1 is 1.00 bits per heavy atom. The van der Waals surface area contributed by atoms with Crippen LogP contribution in [0.25, 0.3) is 0 Å². The highest BCUT2D eigenvalue weighted by Crippen LogP contribution is 2.38. The van der Waals surface area contributed by atoms with Crippen molar-refractivity contribution in [1.29, 1.82) is 0 Å². The number of sulfone groups is 1. The Bertz CT molecular complexity index is 1120. The first-order valence-electron chi connectivity index (χ1n) is 8.15. The lowest BCUT2D eigenvalue weighted by Crippen LogP contribution is -2.24. The smallest absolute Gasteiger partial charge is 0.416 e. The van der Waals surface area contributed by atoms with Gasteiger partial charge in [-0.1, -0.05) is 0 Å². The molecule has 0 aromatic heterocycles. The van der Waals surface area contributed by atoms with Crippen LogP contribution in [0, 0.1) is 6.92 Å². The van der Waals surface area contributed by atoms with E-state index >= 15 is 0 Å². The minimum absolute atomic E-state index is 0.109. The van der Waals surface area contributed by atoms with Gasteiger partial charge in [-0.15, -0.1) is 0 Å². The van der Waals surface area contributed by atoms with Crippen molar-refractivity contribution < 1.29 is 35.9 Å². The average Bonchev–Trinajstić information content (AvgIpc) is 2.65. The number of hydrogen-bond donors (Lipinski definition) is 2. The van der Waals surface area contributed by atoms with Crippen LogP contribution in [0.15, 0.2) is 45.1 Å². The predicted octanol–water partition coefficient (Wildman–Crippen LogP) is 2.28. The maximum atomic E-state index is 13.3. The standard InChI is InChI=1S/C18H18F3N3O5S/c1-9-4-14(29-3)15(8-13(9)28-2)30(26,27)12-6-10(16(25)24-17(22)23)5-11(7-12)18(19,20)21/h4-8H,1-3H3,(H4,22,23,24,25). The summed E-state index contributed by atoms with van der Waals surface area (Å²) in [5.41, 5.74) is 8.70. The van der Waals surface area contributed by atoms with Gasteiger partial charge in [0.05, 0.1) is 24.7 Å². The minimum Gasteiger partial charge on any atom is -0.496 e. The van der Waals surface area contributed by atoms with Crippen molar-refractivity contribution in [2.24, 2.45) is 16.5 Å². The second-order valence-electron chi connectivity index (χ2n) is 6.06. The monoisotopic (exact) mass is 445 g/mol. The molecule has 4 N–H and O–H groups in total. The Balaban J connectivity index is 2.82. The van der Waals surface area contributed by atoms with Gasteiger partial charge in [0.2, 0.25) is 9.84 Å². The molecule has 0 radical (unpaired) electrons. The number of guanidine groups is 1. The molecular formula is C18H18F3N3O5S. The summed E-state index contributed by atoms with van der Waals surface area (Å²) < 4.78 is 76.6. The summed E-state index contributed by atoms with van der Waals surface area (Å²) >= 11 is 0. The quantitative estimate of drug-likeness (QED) is 0.533. The Hall–Kier alpha value is -3.28. The van der Waals surface area contributed by atoms with Crippen molar-refractivity contribution in [2.75, 3.05) is 14.2 Å². The zero-order chi connectivity index (χ0) is 22.9. The number of amides is 1. The molecular weight excluding hydrogens is 427 g/mol. The summed E-state index contributed by atoms with van der Waals surface area (Å²) in [7, 11) is -2.05. The first-order valence-corrected chi connectivity index (χ1v) is 9.63. The fourth-order valence-electron chi connectivity index (χ4n) is 2.58. The lowest BCUT2D eigenvalue weighted by atomic mass is 10.1. The van der Waals surface area contributed by atoms with E-state index in [1.54, 1.807) is 6.92 Å². The number of aliphatic imine (C=N–C) groups is 1. The van der Waals surface area contributed by atoms with Crippen LogP contribution in [0.1, 0.15) is 21.5 Å². The number of nitrogens with zero attached hydrogens (tertiary/aromatic N) is 1. The second-order valence-corrected chi connectivity index (χ2v) is 7.98. The van der Waals surface area contributed by atoms with Crippen LogP contribution in [0.3, 0.4) is 0 Å². The minimum atomic E-state index is -4.94. The van der Waals surface area contributed by atoms with Crippen molar-refractivity contribution in [3.63, 3.8) is 0 Å². The maximum Gasteiger partial charge on any atom is 0.416 e.